The van der Waals surface area contributed by atoms with E-state index in [0.29, 0.717) is 31.8 Å². The van der Waals surface area contributed by atoms with E-state index in [1.54, 1.807) is 11.8 Å². The summed E-state index contributed by atoms with van der Waals surface area (Å²) < 4.78 is 5.11. The minimum Gasteiger partial charge on any atom is -0.466 e. The molecule has 146 valence electrons. The summed E-state index contributed by atoms with van der Waals surface area (Å²) in [6.07, 6.45) is 3.06. The van der Waals surface area contributed by atoms with Crippen molar-refractivity contribution in [2.75, 3.05) is 43.0 Å². The number of ether oxygens (including phenoxy) is 1. The largest absolute Gasteiger partial charge is 0.466 e. The Hall–Kier alpha value is -2.41. The van der Waals surface area contributed by atoms with Gasteiger partial charge in [0.15, 0.2) is 0 Å². The first-order chi connectivity index (χ1) is 13.1. The van der Waals surface area contributed by atoms with Crippen molar-refractivity contribution in [1.29, 1.82) is 0 Å². The van der Waals surface area contributed by atoms with Gasteiger partial charge < -0.3 is 15.0 Å². The number of esters is 1. The van der Waals surface area contributed by atoms with Gasteiger partial charge in [0.05, 0.1) is 30.4 Å². The van der Waals surface area contributed by atoms with E-state index in [-0.39, 0.29) is 30.2 Å². The molecule has 0 aromatic heterocycles. The molecule has 7 nitrogen and oxygen atoms in total. The SMILES string of the molecule is CCOC(=O)C1CCCN(CC(=O)Nc2ccccc2N2CCCC2=O)C1. The number of para-hydroxylation sites is 2. The lowest BCUT2D eigenvalue weighted by molar-refractivity contribution is -0.150. The average Bonchev–Trinajstić information content (AvgIpc) is 3.08. The number of carbonyl (C=O) groups is 3. The molecule has 2 aliphatic rings. The number of amides is 2. The zero-order chi connectivity index (χ0) is 19.2. The van der Waals surface area contributed by atoms with Crippen molar-refractivity contribution in [3.05, 3.63) is 24.3 Å². The number of benzene rings is 1. The fraction of sp³-hybridized carbons (Fsp3) is 0.550. The first-order valence-corrected chi connectivity index (χ1v) is 9.66. The molecule has 0 bridgehead atoms. The molecule has 2 amide bonds. The second-order valence-electron chi connectivity index (χ2n) is 7.04. The number of anilines is 2. The average molecular weight is 373 g/mol. The van der Waals surface area contributed by atoms with Crippen LogP contribution in [0.25, 0.3) is 0 Å². The van der Waals surface area contributed by atoms with Crippen molar-refractivity contribution in [2.24, 2.45) is 5.92 Å². The molecule has 0 saturated carbocycles. The van der Waals surface area contributed by atoms with Crippen molar-refractivity contribution in [1.82, 2.24) is 4.90 Å². The third-order valence-corrected chi connectivity index (χ3v) is 5.04. The normalized spacial score (nSPS) is 20.6. The highest BCUT2D eigenvalue weighted by Gasteiger charge is 2.28. The number of hydrogen-bond acceptors (Lipinski definition) is 5. The second-order valence-corrected chi connectivity index (χ2v) is 7.04. The van der Waals surface area contributed by atoms with Crippen LogP contribution in [-0.4, -0.2) is 55.5 Å². The van der Waals surface area contributed by atoms with Crippen molar-refractivity contribution in [3.63, 3.8) is 0 Å². The number of likely N-dealkylation sites (tertiary alicyclic amines) is 1. The molecule has 1 atom stereocenters. The van der Waals surface area contributed by atoms with Crippen LogP contribution in [0.1, 0.15) is 32.6 Å². The Morgan fingerprint density at radius 3 is 2.78 bits per heavy atom. The van der Waals surface area contributed by atoms with Gasteiger partial charge in [0.2, 0.25) is 11.8 Å². The topological polar surface area (TPSA) is 79.0 Å². The highest BCUT2D eigenvalue weighted by atomic mass is 16.5. The smallest absolute Gasteiger partial charge is 0.310 e. The Morgan fingerprint density at radius 1 is 1.22 bits per heavy atom. The van der Waals surface area contributed by atoms with Crippen LogP contribution in [0, 0.1) is 5.92 Å². The zero-order valence-electron chi connectivity index (χ0n) is 15.8. The first-order valence-electron chi connectivity index (χ1n) is 9.66. The molecule has 2 heterocycles. The minimum absolute atomic E-state index is 0.0880. The van der Waals surface area contributed by atoms with Gasteiger partial charge in [-0.2, -0.15) is 0 Å². The molecule has 7 heteroatoms. The number of carbonyl (C=O) groups excluding carboxylic acids is 3. The van der Waals surface area contributed by atoms with E-state index in [4.69, 9.17) is 4.74 Å². The van der Waals surface area contributed by atoms with E-state index in [2.05, 4.69) is 5.32 Å². The lowest BCUT2D eigenvalue weighted by Gasteiger charge is -2.31. The van der Waals surface area contributed by atoms with Crippen molar-refractivity contribution in [2.45, 2.75) is 32.6 Å². The van der Waals surface area contributed by atoms with Gasteiger partial charge in [-0.3, -0.25) is 19.3 Å². The summed E-state index contributed by atoms with van der Waals surface area (Å²) >= 11 is 0. The molecule has 1 aromatic carbocycles. The Morgan fingerprint density at radius 2 is 2.04 bits per heavy atom. The van der Waals surface area contributed by atoms with Crippen LogP contribution >= 0.6 is 0 Å². The molecule has 2 saturated heterocycles. The second kappa shape index (κ2) is 8.99. The first kappa shape index (κ1) is 19.4. The molecular weight excluding hydrogens is 346 g/mol. The quantitative estimate of drug-likeness (QED) is 0.772. The Kier molecular flexibility index (Phi) is 6.45. The predicted octanol–water partition coefficient (Wildman–Crippen LogP) is 2.03. The number of rotatable bonds is 6. The van der Waals surface area contributed by atoms with E-state index in [0.717, 1.165) is 31.5 Å². The van der Waals surface area contributed by atoms with Crippen LogP contribution in [0.4, 0.5) is 11.4 Å². The fourth-order valence-electron chi connectivity index (χ4n) is 3.76. The Balaban J connectivity index is 1.60. The predicted molar refractivity (Wildman–Crippen MR) is 102 cm³/mol. The molecule has 2 aliphatic heterocycles. The van der Waals surface area contributed by atoms with Crippen LogP contribution in [-0.2, 0) is 19.1 Å². The van der Waals surface area contributed by atoms with Crippen LogP contribution < -0.4 is 10.2 Å². The maximum Gasteiger partial charge on any atom is 0.310 e. The fourth-order valence-corrected chi connectivity index (χ4v) is 3.76. The highest BCUT2D eigenvalue weighted by molar-refractivity contribution is 6.02. The maximum absolute atomic E-state index is 12.6. The van der Waals surface area contributed by atoms with Gasteiger partial charge in [-0.05, 0) is 44.9 Å². The summed E-state index contributed by atoms with van der Waals surface area (Å²) in [6, 6.07) is 7.38. The van der Waals surface area contributed by atoms with Gasteiger partial charge in [-0.25, -0.2) is 0 Å². The third kappa shape index (κ3) is 4.86. The summed E-state index contributed by atoms with van der Waals surface area (Å²) in [7, 11) is 0. The minimum atomic E-state index is -0.180. The van der Waals surface area contributed by atoms with Gasteiger partial charge in [-0.15, -0.1) is 0 Å². The zero-order valence-corrected chi connectivity index (χ0v) is 15.8. The van der Waals surface area contributed by atoms with E-state index < -0.39 is 0 Å². The number of hydrogen-bond donors (Lipinski definition) is 1. The molecule has 27 heavy (non-hydrogen) atoms. The number of nitrogens with one attached hydrogen (secondary N) is 1. The monoisotopic (exact) mass is 373 g/mol. The standard InChI is InChI=1S/C20H27N3O4/c1-2-27-20(26)15-7-5-11-22(13-15)14-18(24)21-16-8-3-4-9-17(16)23-12-6-10-19(23)25/h3-4,8-9,15H,2,5-7,10-14H2,1H3,(H,21,24). The lowest BCUT2D eigenvalue weighted by Crippen LogP contribution is -2.43. The van der Waals surface area contributed by atoms with Crippen LogP contribution in [0.3, 0.4) is 0 Å². The van der Waals surface area contributed by atoms with E-state index >= 15 is 0 Å². The number of nitrogens with zero attached hydrogens (tertiary/aromatic N) is 2. The number of piperidine rings is 1. The summed E-state index contributed by atoms with van der Waals surface area (Å²) in [5, 5.41) is 2.93. The van der Waals surface area contributed by atoms with Crippen molar-refractivity contribution >= 4 is 29.2 Å². The van der Waals surface area contributed by atoms with E-state index in [1.165, 1.54) is 0 Å². The van der Waals surface area contributed by atoms with Gasteiger partial charge in [0, 0.05) is 19.5 Å². The summed E-state index contributed by atoms with van der Waals surface area (Å²) in [4.78, 5) is 40.3. The Labute approximate surface area is 159 Å². The molecular formula is C20H27N3O4. The maximum atomic E-state index is 12.6. The van der Waals surface area contributed by atoms with Gasteiger partial charge >= 0.3 is 5.97 Å². The van der Waals surface area contributed by atoms with Gasteiger partial charge in [-0.1, -0.05) is 12.1 Å². The lowest BCUT2D eigenvalue weighted by atomic mass is 9.98. The molecule has 0 radical (unpaired) electrons. The molecule has 1 N–H and O–H groups in total. The van der Waals surface area contributed by atoms with Crippen LogP contribution in [0.2, 0.25) is 0 Å². The Bertz CT molecular complexity index is 706. The summed E-state index contributed by atoms with van der Waals surface area (Å²) in [6.45, 7) is 4.40. The molecule has 2 fully saturated rings. The molecule has 1 unspecified atom stereocenters. The summed E-state index contributed by atoms with van der Waals surface area (Å²) in [5.74, 6) is -0.398. The third-order valence-electron chi connectivity index (χ3n) is 5.04. The highest BCUT2D eigenvalue weighted by Crippen LogP contribution is 2.29. The van der Waals surface area contributed by atoms with E-state index in [9.17, 15) is 14.4 Å². The van der Waals surface area contributed by atoms with Crippen LogP contribution in [0.15, 0.2) is 24.3 Å². The molecule has 0 aliphatic carbocycles. The molecule has 0 spiro atoms. The van der Waals surface area contributed by atoms with Crippen molar-refractivity contribution < 1.29 is 19.1 Å². The molecule has 1 aromatic rings. The van der Waals surface area contributed by atoms with E-state index in [1.807, 2.05) is 29.2 Å². The van der Waals surface area contributed by atoms with Crippen LogP contribution in [0.5, 0.6) is 0 Å². The summed E-state index contributed by atoms with van der Waals surface area (Å²) in [5.41, 5.74) is 1.40. The van der Waals surface area contributed by atoms with Crippen molar-refractivity contribution in [3.8, 4) is 0 Å². The van der Waals surface area contributed by atoms with Gasteiger partial charge in [0.1, 0.15) is 0 Å². The van der Waals surface area contributed by atoms with Gasteiger partial charge in [0.25, 0.3) is 0 Å². The molecule has 3 rings (SSSR count).